The van der Waals surface area contributed by atoms with Gasteiger partial charge in [-0.3, -0.25) is 4.79 Å². The number of hydrogen-bond acceptors (Lipinski definition) is 5. The van der Waals surface area contributed by atoms with Crippen LogP contribution in [0.1, 0.15) is 20.7 Å². The number of benzene rings is 2. The van der Waals surface area contributed by atoms with Gasteiger partial charge in [0.2, 0.25) is 0 Å². The van der Waals surface area contributed by atoms with E-state index in [1.165, 1.54) is 37.4 Å². The zero-order valence-corrected chi connectivity index (χ0v) is 11.2. The van der Waals surface area contributed by atoms with E-state index in [2.05, 4.69) is 10.1 Å². The monoisotopic (exact) mass is 287 g/mol. The van der Waals surface area contributed by atoms with Crippen molar-refractivity contribution in [2.24, 2.45) is 0 Å². The third-order valence-corrected chi connectivity index (χ3v) is 2.81. The topological polar surface area (TPSA) is 95.9 Å². The quantitative estimate of drug-likeness (QED) is 0.752. The molecule has 21 heavy (non-hydrogen) atoms. The second-order valence-corrected chi connectivity index (χ2v) is 4.19. The molecular formula is C15H13NO5. The van der Waals surface area contributed by atoms with Crippen LogP contribution in [0.25, 0.3) is 0 Å². The highest BCUT2D eigenvalue weighted by Crippen LogP contribution is 2.24. The molecule has 3 N–H and O–H groups in total. The van der Waals surface area contributed by atoms with Crippen molar-refractivity contribution in [1.29, 1.82) is 0 Å². The lowest BCUT2D eigenvalue weighted by atomic mass is 10.1. The summed E-state index contributed by atoms with van der Waals surface area (Å²) in [5.74, 6) is -1.56. The number of esters is 1. The number of nitrogens with one attached hydrogen (secondary N) is 1. The zero-order valence-electron chi connectivity index (χ0n) is 11.2. The van der Waals surface area contributed by atoms with Gasteiger partial charge in [0.15, 0.2) is 0 Å². The molecule has 108 valence electrons. The Balaban J connectivity index is 2.35. The summed E-state index contributed by atoms with van der Waals surface area (Å²) in [6, 6.07) is 9.86. The zero-order chi connectivity index (χ0) is 15.4. The highest BCUT2D eigenvalue weighted by Gasteiger charge is 2.17. The van der Waals surface area contributed by atoms with E-state index >= 15 is 0 Å². The molecule has 0 aromatic heterocycles. The minimum atomic E-state index is -0.650. The van der Waals surface area contributed by atoms with E-state index in [-0.39, 0.29) is 28.3 Å². The molecule has 0 bridgehead atoms. The number of amides is 1. The molecule has 6 heteroatoms. The lowest BCUT2D eigenvalue weighted by Gasteiger charge is -2.11. The average molecular weight is 287 g/mol. The van der Waals surface area contributed by atoms with E-state index in [1.54, 1.807) is 12.1 Å². The van der Waals surface area contributed by atoms with Crippen molar-refractivity contribution in [3.63, 3.8) is 0 Å². The number of carbonyl (C=O) groups is 2. The van der Waals surface area contributed by atoms with Gasteiger partial charge in [-0.1, -0.05) is 12.1 Å². The van der Waals surface area contributed by atoms with E-state index < -0.39 is 11.9 Å². The standard InChI is InChI=1S/C15H13NO5/c1-21-15(20)10-7-6-9(17)8-12(10)16-14(19)11-4-2-3-5-13(11)18/h2-8,17-18H,1H3,(H,16,19). The maximum atomic E-state index is 12.1. The fraction of sp³-hybridized carbons (Fsp3) is 0.0667. The SMILES string of the molecule is COC(=O)c1ccc(O)cc1NC(=O)c1ccccc1O. The number of rotatable bonds is 3. The summed E-state index contributed by atoms with van der Waals surface area (Å²) >= 11 is 0. The molecule has 1 amide bonds. The summed E-state index contributed by atoms with van der Waals surface area (Å²) in [4.78, 5) is 23.7. The Bertz CT molecular complexity index is 696. The summed E-state index contributed by atoms with van der Waals surface area (Å²) in [7, 11) is 1.21. The number of ether oxygens (including phenoxy) is 1. The van der Waals surface area contributed by atoms with Gasteiger partial charge in [-0.15, -0.1) is 0 Å². The van der Waals surface area contributed by atoms with E-state index in [0.717, 1.165) is 0 Å². The van der Waals surface area contributed by atoms with Crippen LogP contribution in [0, 0.1) is 0 Å². The van der Waals surface area contributed by atoms with Gasteiger partial charge in [-0.25, -0.2) is 4.79 Å². The molecular weight excluding hydrogens is 274 g/mol. The van der Waals surface area contributed by atoms with Crippen LogP contribution in [0.4, 0.5) is 5.69 Å². The fourth-order valence-electron chi connectivity index (χ4n) is 1.78. The van der Waals surface area contributed by atoms with Crippen molar-refractivity contribution >= 4 is 17.6 Å². The number of carbonyl (C=O) groups excluding carboxylic acids is 2. The van der Waals surface area contributed by atoms with Crippen molar-refractivity contribution in [3.05, 3.63) is 53.6 Å². The van der Waals surface area contributed by atoms with E-state index in [1.807, 2.05) is 0 Å². The Morgan fingerprint density at radius 1 is 1.05 bits per heavy atom. The van der Waals surface area contributed by atoms with Gasteiger partial charge in [0, 0.05) is 6.07 Å². The first kappa shape index (κ1) is 14.4. The van der Waals surface area contributed by atoms with Crippen molar-refractivity contribution in [3.8, 4) is 11.5 Å². The van der Waals surface area contributed by atoms with E-state index in [0.29, 0.717) is 0 Å². The van der Waals surface area contributed by atoms with Gasteiger partial charge in [0.1, 0.15) is 11.5 Å². The summed E-state index contributed by atoms with van der Waals surface area (Å²) in [5.41, 5.74) is 0.242. The Morgan fingerprint density at radius 3 is 2.43 bits per heavy atom. The molecule has 0 unspecified atom stereocenters. The predicted octanol–water partition coefficient (Wildman–Crippen LogP) is 2.14. The van der Waals surface area contributed by atoms with Crippen molar-refractivity contribution in [2.45, 2.75) is 0 Å². The van der Waals surface area contributed by atoms with Crippen molar-refractivity contribution < 1.29 is 24.5 Å². The Kier molecular flexibility index (Phi) is 4.08. The van der Waals surface area contributed by atoms with E-state index in [9.17, 15) is 19.8 Å². The molecule has 0 aliphatic heterocycles. The summed E-state index contributed by atoms with van der Waals surface area (Å²) in [6.07, 6.45) is 0. The van der Waals surface area contributed by atoms with Gasteiger partial charge in [0.05, 0.1) is 23.9 Å². The normalized spacial score (nSPS) is 9.95. The van der Waals surface area contributed by atoms with Crippen LogP contribution in [0.2, 0.25) is 0 Å². The Hall–Kier alpha value is -3.02. The maximum absolute atomic E-state index is 12.1. The molecule has 0 heterocycles. The van der Waals surface area contributed by atoms with E-state index in [4.69, 9.17) is 0 Å². The fourth-order valence-corrected chi connectivity index (χ4v) is 1.78. The van der Waals surface area contributed by atoms with Gasteiger partial charge in [-0.05, 0) is 24.3 Å². The third-order valence-electron chi connectivity index (χ3n) is 2.81. The number of aromatic hydroxyl groups is 2. The highest BCUT2D eigenvalue weighted by atomic mass is 16.5. The molecule has 6 nitrogen and oxygen atoms in total. The van der Waals surface area contributed by atoms with Crippen LogP contribution >= 0.6 is 0 Å². The van der Waals surface area contributed by atoms with Gasteiger partial charge in [-0.2, -0.15) is 0 Å². The number of phenols is 2. The first-order chi connectivity index (χ1) is 10.0. The first-order valence-corrected chi connectivity index (χ1v) is 6.03. The molecule has 0 aliphatic carbocycles. The van der Waals surface area contributed by atoms with Crippen LogP contribution in [-0.2, 0) is 4.74 Å². The number of hydrogen-bond donors (Lipinski definition) is 3. The molecule has 0 atom stereocenters. The van der Waals surface area contributed by atoms with Gasteiger partial charge >= 0.3 is 5.97 Å². The predicted molar refractivity (Wildman–Crippen MR) is 75.5 cm³/mol. The third kappa shape index (κ3) is 3.11. The van der Waals surface area contributed by atoms with Crippen LogP contribution in [0.15, 0.2) is 42.5 Å². The second kappa shape index (κ2) is 5.96. The molecule has 0 fully saturated rings. The van der Waals surface area contributed by atoms with Crippen molar-refractivity contribution in [1.82, 2.24) is 0 Å². The van der Waals surface area contributed by atoms with Gasteiger partial charge < -0.3 is 20.3 Å². The lowest BCUT2D eigenvalue weighted by molar-refractivity contribution is 0.0602. The molecule has 2 rings (SSSR count). The molecule has 2 aromatic carbocycles. The van der Waals surface area contributed by atoms with Crippen LogP contribution in [0.3, 0.4) is 0 Å². The smallest absolute Gasteiger partial charge is 0.339 e. The van der Waals surface area contributed by atoms with Crippen molar-refractivity contribution in [2.75, 3.05) is 12.4 Å². The van der Waals surface area contributed by atoms with Crippen LogP contribution in [-0.4, -0.2) is 29.2 Å². The van der Waals surface area contributed by atoms with Gasteiger partial charge in [0.25, 0.3) is 5.91 Å². The van der Waals surface area contributed by atoms with Crippen LogP contribution < -0.4 is 5.32 Å². The number of phenolic OH excluding ortho intramolecular Hbond substituents is 2. The molecule has 0 saturated carbocycles. The number of anilines is 1. The molecule has 0 spiro atoms. The summed E-state index contributed by atoms with van der Waals surface area (Å²) in [5, 5.41) is 21.6. The Morgan fingerprint density at radius 2 is 1.76 bits per heavy atom. The number of para-hydroxylation sites is 1. The molecule has 0 saturated heterocycles. The molecule has 0 radical (unpaired) electrons. The lowest BCUT2D eigenvalue weighted by Crippen LogP contribution is -2.15. The maximum Gasteiger partial charge on any atom is 0.339 e. The minimum absolute atomic E-state index is 0.0525. The average Bonchev–Trinajstić information content (AvgIpc) is 2.47. The largest absolute Gasteiger partial charge is 0.508 e. The first-order valence-electron chi connectivity index (χ1n) is 6.03. The highest BCUT2D eigenvalue weighted by molar-refractivity contribution is 6.09. The minimum Gasteiger partial charge on any atom is -0.508 e. The molecule has 0 aliphatic rings. The summed E-state index contributed by atoms with van der Waals surface area (Å²) in [6.45, 7) is 0. The Labute approximate surface area is 120 Å². The molecule has 2 aromatic rings. The summed E-state index contributed by atoms with van der Waals surface area (Å²) < 4.78 is 4.61. The second-order valence-electron chi connectivity index (χ2n) is 4.19. The number of methoxy groups -OCH3 is 1. The van der Waals surface area contributed by atoms with Crippen LogP contribution in [0.5, 0.6) is 11.5 Å².